The first-order chi connectivity index (χ1) is 9.01. The van der Waals surface area contributed by atoms with Crippen molar-refractivity contribution in [2.45, 2.75) is 39.2 Å². The monoisotopic (exact) mass is 263 g/mol. The second kappa shape index (κ2) is 5.42. The number of aromatic nitrogens is 2. The first-order valence-electron chi connectivity index (χ1n) is 6.64. The highest BCUT2D eigenvalue weighted by Gasteiger charge is 2.23. The molecule has 0 bridgehead atoms. The molecule has 1 unspecified atom stereocenters. The summed E-state index contributed by atoms with van der Waals surface area (Å²) in [4.78, 5) is 21.9. The minimum atomic E-state index is 0.200. The third-order valence-corrected chi connectivity index (χ3v) is 3.51. The number of likely N-dealkylation sites (tertiary alicyclic amines) is 1. The third-order valence-electron chi connectivity index (χ3n) is 3.51. The topological polar surface area (TPSA) is 84.1 Å². The number of likely N-dealkylation sites (N-methyl/N-ethyl adjacent to an activating group) is 1. The van der Waals surface area contributed by atoms with Gasteiger partial charge in [-0.05, 0) is 13.3 Å². The zero-order valence-electron chi connectivity index (χ0n) is 11.7. The lowest BCUT2D eigenvalue weighted by Crippen LogP contribution is -2.43. The summed E-state index contributed by atoms with van der Waals surface area (Å²) in [5, 5.41) is 3.39. The van der Waals surface area contributed by atoms with Gasteiger partial charge in [0, 0.05) is 38.0 Å². The minimum Gasteiger partial charge on any atom is -0.383 e. The first kappa shape index (κ1) is 13.6. The summed E-state index contributed by atoms with van der Waals surface area (Å²) >= 11 is 0. The number of nitrogen functional groups attached to an aromatic ring is 1. The fourth-order valence-corrected chi connectivity index (χ4v) is 2.20. The Morgan fingerprint density at radius 2 is 2.21 bits per heavy atom. The third kappa shape index (κ3) is 2.94. The Kier molecular flexibility index (Phi) is 3.87. The molecule has 0 aromatic carbocycles. The van der Waals surface area contributed by atoms with Crippen molar-refractivity contribution < 1.29 is 4.79 Å². The quantitative estimate of drug-likeness (QED) is 0.848. The molecule has 0 aliphatic carbocycles. The number of nitrogens with one attached hydrogen (secondary N) is 1. The molecule has 1 atom stereocenters. The van der Waals surface area contributed by atoms with Crippen LogP contribution in [0.15, 0.2) is 0 Å². The van der Waals surface area contributed by atoms with E-state index >= 15 is 0 Å². The van der Waals surface area contributed by atoms with Crippen LogP contribution >= 0.6 is 0 Å². The van der Waals surface area contributed by atoms with E-state index in [2.05, 4.69) is 15.3 Å². The van der Waals surface area contributed by atoms with Gasteiger partial charge in [0.25, 0.3) is 0 Å². The summed E-state index contributed by atoms with van der Waals surface area (Å²) in [6, 6.07) is 0.223. The van der Waals surface area contributed by atoms with E-state index in [0.29, 0.717) is 18.8 Å². The predicted octanol–water partition coefficient (Wildman–Crippen LogP) is 0.962. The van der Waals surface area contributed by atoms with E-state index in [0.717, 1.165) is 30.0 Å². The molecule has 6 nitrogen and oxygen atoms in total. The smallest absolute Gasteiger partial charge is 0.222 e. The number of hydrogen-bond acceptors (Lipinski definition) is 5. The number of carbonyl (C=O) groups is 1. The number of amides is 1. The van der Waals surface area contributed by atoms with E-state index in [1.165, 1.54) is 0 Å². The highest BCUT2D eigenvalue weighted by atomic mass is 16.2. The highest BCUT2D eigenvalue weighted by molar-refractivity contribution is 5.77. The lowest BCUT2D eigenvalue weighted by molar-refractivity contribution is -0.132. The number of anilines is 2. The molecule has 1 fully saturated rings. The van der Waals surface area contributed by atoms with E-state index in [-0.39, 0.29) is 11.9 Å². The summed E-state index contributed by atoms with van der Waals surface area (Å²) in [5.74, 6) is 2.25. The van der Waals surface area contributed by atoms with Crippen molar-refractivity contribution in [3.8, 4) is 0 Å². The van der Waals surface area contributed by atoms with E-state index in [9.17, 15) is 4.79 Å². The van der Waals surface area contributed by atoms with Crippen molar-refractivity contribution >= 4 is 17.5 Å². The minimum absolute atomic E-state index is 0.200. The van der Waals surface area contributed by atoms with Crippen molar-refractivity contribution in [3.63, 3.8) is 0 Å². The van der Waals surface area contributed by atoms with E-state index in [1.807, 2.05) is 20.9 Å². The maximum absolute atomic E-state index is 11.5. The molecule has 0 saturated carbocycles. The Bertz CT molecular complexity index is 488. The van der Waals surface area contributed by atoms with Crippen molar-refractivity contribution in [2.24, 2.45) is 0 Å². The molecular formula is C13H21N5O. The van der Waals surface area contributed by atoms with Crippen molar-refractivity contribution in [3.05, 3.63) is 11.4 Å². The Hall–Kier alpha value is -1.85. The molecule has 2 heterocycles. The molecule has 2 rings (SSSR count). The highest BCUT2D eigenvalue weighted by Crippen LogP contribution is 2.21. The van der Waals surface area contributed by atoms with Crippen LogP contribution in [0.25, 0.3) is 0 Å². The normalized spacial score (nSPS) is 19.6. The van der Waals surface area contributed by atoms with Crippen LogP contribution in [-0.2, 0) is 11.2 Å². The van der Waals surface area contributed by atoms with Crippen LogP contribution in [-0.4, -0.2) is 40.4 Å². The van der Waals surface area contributed by atoms with Gasteiger partial charge < -0.3 is 16.0 Å². The van der Waals surface area contributed by atoms with Crippen molar-refractivity contribution in [2.75, 3.05) is 24.6 Å². The summed E-state index contributed by atoms with van der Waals surface area (Å²) in [6.45, 7) is 4.61. The molecule has 1 saturated heterocycles. The van der Waals surface area contributed by atoms with Gasteiger partial charge in [-0.15, -0.1) is 0 Å². The van der Waals surface area contributed by atoms with Crippen LogP contribution in [0.1, 0.15) is 31.2 Å². The van der Waals surface area contributed by atoms with E-state index < -0.39 is 0 Å². The van der Waals surface area contributed by atoms with Crippen molar-refractivity contribution in [1.82, 2.24) is 14.9 Å². The number of carbonyl (C=O) groups excluding carboxylic acids is 1. The molecule has 1 amide bonds. The Morgan fingerprint density at radius 1 is 1.47 bits per heavy atom. The van der Waals surface area contributed by atoms with Crippen LogP contribution in [0.5, 0.6) is 0 Å². The predicted molar refractivity (Wildman–Crippen MR) is 74.8 cm³/mol. The van der Waals surface area contributed by atoms with Crippen LogP contribution in [0.3, 0.4) is 0 Å². The molecule has 0 radical (unpaired) electrons. The fourth-order valence-electron chi connectivity index (χ4n) is 2.20. The van der Waals surface area contributed by atoms with Crippen LogP contribution in [0.2, 0.25) is 0 Å². The van der Waals surface area contributed by atoms with Crippen molar-refractivity contribution in [1.29, 1.82) is 0 Å². The maximum Gasteiger partial charge on any atom is 0.222 e. The average Bonchev–Trinajstić information content (AvgIpc) is 2.39. The zero-order chi connectivity index (χ0) is 14.0. The number of hydrogen-bond donors (Lipinski definition) is 2. The van der Waals surface area contributed by atoms with E-state index in [1.54, 1.807) is 4.90 Å². The first-order valence-corrected chi connectivity index (χ1v) is 6.64. The van der Waals surface area contributed by atoms with Crippen LogP contribution in [0.4, 0.5) is 11.6 Å². The maximum atomic E-state index is 11.5. The number of nitrogens with two attached hydrogens (primary N) is 1. The summed E-state index contributed by atoms with van der Waals surface area (Å²) in [5.41, 5.74) is 6.77. The van der Waals surface area contributed by atoms with Gasteiger partial charge in [-0.25, -0.2) is 9.97 Å². The second-order valence-corrected chi connectivity index (χ2v) is 5.01. The molecule has 1 aromatic rings. The van der Waals surface area contributed by atoms with Crippen LogP contribution in [0, 0.1) is 6.92 Å². The van der Waals surface area contributed by atoms with Gasteiger partial charge in [0.15, 0.2) is 0 Å². The van der Waals surface area contributed by atoms with E-state index in [4.69, 9.17) is 5.73 Å². The lowest BCUT2D eigenvalue weighted by Gasteiger charge is -2.31. The molecule has 1 aromatic heterocycles. The summed E-state index contributed by atoms with van der Waals surface area (Å²) in [7, 11) is 1.83. The lowest BCUT2D eigenvalue weighted by atomic mass is 10.1. The molecule has 104 valence electrons. The number of piperidine rings is 1. The van der Waals surface area contributed by atoms with Gasteiger partial charge in [-0.3, -0.25) is 4.79 Å². The largest absolute Gasteiger partial charge is 0.383 e. The Labute approximate surface area is 113 Å². The number of aryl methyl sites for hydroxylation is 1. The van der Waals surface area contributed by atoms with Gasteiger partial charge >= 0.3 is 0 Å². The molecular weight excluding hydrogens is 242 g/mol. The number of nitrogens with zero attached hydrogens (tertiary/aromatic N) is 3. The van der Waals surface area contributed by atoms with Crippen LogP contribution < -0.4 is 11.1 Å². The molecule has 6 heteroatoms. The van der Waals surface area contributed by atoms with Gasteiger partial charge in [-0.2, -0.15) is 0 Å². The molecule has 1 aliphatic heterocycles. The fraction of sp³-hybridized carbons (Fsp3) is 0.615. The molecule has 19 heavy (non-hydrogen) atoms. The summed E-state index contributed by atoms with van der Waals surface area (Å²) < 4.78 is 0. The Balaban J connectivity index is 2.14. The molecule has 1 aliphatic rings. The Morgan fingerprint density at radius 3 is 2.84 bits per heavy atom. The molecule has 3 N–H and O–H groups in total. The standard InChI is InChI=1S/C13H21N5O/c1-4-10-16-12(14)8(2)13(17-10)15-9-5-6-11(19)18(3)7-9/h9H,4-7H2,1-3H3,(H3,14,15,16,17). The second-order valence-electron chi connectivity index (χ2n) is 5.01. The zero-order valence-corrected chi connectivity index (χ0v) is 11.7. The summed E-state index contributed by atoms with van der Waals surface area (Å²) in [6.07, 6.45) is 2.16. The van der Waals surface area contributed by atoms with Gasteiger partial charge in [0.2, 0.25) is 5.91 Å². The van der Waals surface area contributed by atoms with Gasteiger partial charge in [0.05, 0.1) is 0 Å². The number of rotatable bonds is 3. The SMILES string of the molecule is CCc1nc(N)c(C)c(NC2CCC(=O)N(C)C2)n1. The molecule has 0 spiro atoms. The average molecular weight is 263 g/mol. The van der Waals surface area contributed by atoms with Gasteiger partial charge in [-0.1, -0.05) is 6.92 Å². The van der Waals surface area contributed by atoms with Gasteiger partial charge in [0.1, 0.15) is 17.5 Å².